The van der Waals surface area contributed by atoms with E-state index in [1.807, 2.05) is 133 Å². The van der Waals surface area contributed by atoms with Crippen molar-refractivity contribution in [1.29, 1.82) is 0 Å². The summed E-state index contributed by atoms with van der Waals surface area (Å²) < 4.78 is 79.0. The van der Waals surface area contributed by atoms with Gasteiger partial charge in [0.1, 0.15) is 11.2 Å². The Balaban J connectivity index is 1.40. The third kappa shape index (κ3) is 4.65. The van der Waals surface area contributed by atoms with Crippen LogP contribution in [0.1, 0.15) is 0 Å². The summed E-state index contributed by atoms with van der Waals surface area (Å²) in [6.45, 7) is 0. The van der Waals surface area contributed by atoms with E-state index in [4.69, 9.17) is 8.60 Å². The van der Waals surface area contributed by atoms with E-state index in [1.54, 1.807) is 6.07 Å². The van der Waals surface area contributed by atoms with E-state index in [9.17, 15) is 21.6 Å². The van der Waals surface area contributed by atoms with Gasteiger partial charge in [0, 0.05) is 27.3 Å². The quantitative estimate of drug-likeness (QED) is 0.0787. The van der Waals surface area contributed by atoms with Crippen molar-refractivity contribution >= 4 is 85.9 Å². The molecule has 0 radical (unpaired) electrons. The second kappa shape index (κ2) is 11.3. The summed E-state index contributed by atoms with van der Waals surface area (Å²) >= 11 is 0. The van der Waals surface area contributed by atoms with Gasteiger partial charge in [-0.25, -0.2) is 0 Å². The molecule has 0 aliphatic heterocycles. The van der Waals surface area contributed by atoms with E-state index in [0.717, 1.165) is 81.5 Å². The molecule has 8 heteroatoms. The van der Waals surface area contributed by atoms with Crippen molar-refractivity contribution in [3.8, 4) is 28.0 Å². The molecule has 10 rings (SSSR count). The van der Waals surface area contributed by atoms with Crippen LogP contribution in [0, 0.1) is 0 Å². The van der Waals surface area contributed by atoms with Crippen molar-refractivity contribution in [2.24, 2.45) is 0 Å². The van der Waals surface area contributed by atoms with E-state index in [-0.39, 0.29) is 5.56 Å². The van der Waals surface area contributed by atoms with Gasteiger partial charge in [0.15, 0.2) is 5.75 Å². The highest BCUT2D eigenvalue weighted by Gasteiger charge is 2.49. The third-order valence-electron chi connectivity index (χ3n) is 10.2. The highest BCUT2D eigenvalue weighted by Crippen LogP contribution is 2.51. The fourth-order valence-corrected chi connectivity index (χ4v) is 8.52. The fraction of sp³-hybridized carbons (Fsp3) is 0.0222. The number of fused-ring (bicyclic) bond motifs is 11. The van der Waals surface area contributed by atoms with Crippen molar-refractivity contribution < 1.29 is 30.2 Å². The van der Waals surface area contributed by atoms with Gasteiger partial charge in [-0.15, -0.1) is 0 Å². The summed E-state index contributed by atoms with van der Waals surface area (Å²) in [5.41, 5.74) is -1.44. The molecule has 53 heavy (non-hydrogen) atoms. The zero-order valence-electron chi connectivity index (χ0n) is 27.6. The number of hydrogen-bond acceptors (Lipinski definition) is 4. The van der Waals surface area contributed by atoms with Crippen LogP contribution in [0.25, 0.3) is 98.1 Å². The summed E-state index contributed by atoms with van der Waals surface area (Å²) in [6, 6.07) is 47.9. The van der Waals surface area contributed by atoms with E-state index < -0.39 is 21.4 Å². The van der Waals surface area contributed by atoms with Crippen molar-refractivity contribution in [2.45, 2.75) is 5.51 Å². The molecule has 1 aromatic heterocycles. The molecule has 9 aromatic carbocycles. The maximum Gasteiger partial charge on any atom is 0.534 e. The first-order valence-electron chi connectivity index (χ1n) is 16.9. The highest BCUT2D eigenvalue weighted by molar-refractivity contribution is 7.88. The van der Waals surface area contributed by atoms with Crippen LogP contribution >= 0.6 is 0 Å². The largest absolute Gasteiger partial charge is 0.534 e. The Morgan fingerprint density at radius 1 is 0.434 bits per heavy atom. The second-order valence-corrected chi connectivity index (χ2v) is 14.6. The molecule has 0 fully saturated rings. The molecule has 256 valence electrons. The minimum absolute atomic E-state index is 0.257. The maximum absolute atomic E-state index is 14.0. The van der Waals surface area contributed by atoms with Gasteiger partial charge in [-0.05, 0) is 89.9 Å². The average Bonchev–Trinajstić information content (AvgIpc) is 3.54. The van der Waals surface area contributed by atoms with Crippen LogP contribution in [0.2, 0.25) is 0 Å². The van der Waals surface area contributed by atoms with Crippen LogP contribution < -0.4 is 4.18 Å². The number of para-hydroxylation sites is 1. The molecule has 0 aliphatic carbocycles. The summed E-state index contributed by atoms with van der Waals surface area (Å²) in [5, 5.41) is 9.84. The van der Waals surface area contributed by atoms with Crippen LogP contribution in [-0.4, -0.2) is 13.9 Å². The molecule has 0 saturated carbocycles. The molecule has 10 aromatic rings. The van der Waals surface area contributed by atoms with Gasteiger partial charge < -0.3 is 8.60 Å². The summed E-state index contributed by atoms with van der Waals surface area (Å²) in [4.78, 5) is 0. The molecule has 0 aliphatic rings. The highest BCUT2D eigenvalue weighted by atomic mass is 32.2. The lowest BCUT2D eigenvalue weighted by Crippen LogP contribution is -2.28. The Morgan fingerprint density at radius 3 is 1.47 bits per heavy atom. The van der Waals surface area contributed by atoms with Gasteiger partial charge in [-0.2, -0.15) is 21.6 Å². The van der Waals surface area contributed by atoms with Crippen LogP contribution in [0.4, 0.5) is 13.2 Å². The first-order valence-corrected chi connectivity index (χ1v) is 18.3. The minimum atomic E-state index is -6.05. The Labute approximate surface area is 300 Å². The molecular weight excluding hydrogens is 694 g/mol. The molecule has 1 heterocycles. The maximum atomic E-state index is 14.0. The van der Waals surface area contributed by atoms with E-state index in [1.165, 1.54) is 6.07 Å². The van der Waals surface area contributed by atoms with E-state index in [2.05, 4.69) is 6.07 Å². The Bertz CT molecular complexity index is 3180. The summed E-state index contributed by atoms with van der Waals surface area (Å²) in [7, 11) is -6.05. The van der Waals surface area contributed by atoms with Crippen LogP contribution in [-0.2, 0) is 10.1 Å². The Kier molecular flexibility index (Phi) is 6.69. The van der Waals surface area contributed by atoms with Crippen LogP contribution in [0.3, 0.4) is 0 Å². The normalized spacial score (nSPS) is 12.6. The third-order valence-corrected chi connectivity index (χ3v) is 11.2. The minimum Gasteiger partial charge on any atom is -0.456 e. The Morgan fingerprint density at radius 2 is 0.887 bits per heavy atom. The van der Waals surface area contributed by atoms with Gasteiger partial charge in [-0.3, -0.25) is 0 Å². The van der Waals surface area contributed by atoms with E-state index in [0.29, 0.717) is 10.9 Å². The second-order valence-electron chi connectivity index (χ2n) is 13.1. The number of rotatable bonds is 4. The molecule has 0 amide bonds. The molecule has 0 atom stereocenters. The number of furan rings is 1. The molecule has 0 saturated heterocycles. The van der Waals surface area contributed by atoms with Crippen molar-refractivity contribution in [1.82, 2.24) is 0 Å². The lowest BCUT2D eigenvalue weighted by molar-refractivity contribution is -0.0499. The van der Waals surface area contributed by atoms with Crippen LogP contribution in [0.5, 0.6) is 5.75 Å². The predicted octanol–water partition coefficient (Wildman–Crippen LogP) is 12.9. The zero-order valence-corrected chi connectivity index (χ0v) is 28.4. The number of benzene rings is 9. The molecule has 0 unspecified atom stereocenters. The topological polar surface area (TPSA) is 56.5 Å². The predicted molar refractivity (Wildman–Crippen MR) is 208 cm³/mol. The number of alkyl halides is 3. The SMILES string of the molecule is O=S(=O)(Oc1ccc2c3ccccc3c3ccccc3c2c1-c1c2ccccc2c(-c2ccc3oc4ccccc4c3c2)c2ccccc12)C(F)(F)F. The lowest BCUT2D eigenvalue weighted by Gasteiger charge is -2.22. The van der Waals surface area contributed by atoms with Gasteiger partial charge in [-0.1, -0.05) is 121 Å². The summed E-state index contributed by atoms with van der Waals surface area (Å²) in [6.07, 6.45) is 0. The van der Waals surface area contributed by atoms with Gasteiger partial charge in [0.05, 0.1) is 0 Å². The molecule has 4 nitrogen and oxygen atoms in total. The monoisotopic (exact) mass is 718 g/mol. The smallest absolute Gasteiger partial charge is 0.456 e. The first-order chi connectivity index (χ1) is 25.7. The Hall–Kier alpha value is -6.38. The standard InChI is InChI=1S/C45H25F3O4S/c46-45(47,48)53(49,50)52-40-24-22-36-29-13-2-1-11-27(29)28-12-3-4-15-31(28)42(36)44(40)43-34-18-7-5-16-32(34)41(33-17-6-8-19-35(33)43)26-21-23-39-37(25-26)30-14-9-10-20-38(30)51-39/h1-25H. The fourth-order valence-electron chi connectivity index (χ4n) is 8.05. The molecular formula is C45H25F3O4S. The van der Waals surface area contributed by atoms with Gasteiger partial charge in [0.2, 0.25) is 0 Å². The molecule has 0 spiro atoms. The van der Waals surface area contributed by atoms with Gasteiger partial charge >= 0.3 is 15.6 Å². The van der Waals surface area contributed by atoms with Gasteiger partial charge in [0.25, 0.3) is 0 Å². The van der Waals surface area contributed by atoms with Crippen LogP contribution in [0.15, 0.2) is 156 Å². The lowest BCUT2D eigenvalue weighted by atomic mass is 9.82. The number of hydrogen-bond donors (Lipinski definition) is 0. The first kappa shape index (κ1) is 31.4. The van der Waals surface area contributed by atoms with Crippen molar-refractivity contribution in [3.63, 3.8) is 0 Å². The van der Waals surface area contributed by atoms with E-state index >= 15 is 0 Å². The van der Waals surface area contributed by atoms with Crippen molar-refractivity contribution in [2.75, 3.05) is 0 Å². The zero-order chi connectivity index (χ0) is 36.1. The molecule has 0 bridgehead atoms. The van der Waals surface area contributed by atoms with Crippen molar-refractivity contribution in [3.05, 3.63) is 152 Å². The number of halogens is 3. The summed E-state index contributed by atoms with van der Waals surface area (Å²) in [5.74, 6) is -0.412. The average molecular weight is 719 g/mol. The molecule has 0 N–H and O–H groups in total.